The third-order valence-corrected chi connectivity index (χ3v) is 6.64. The standard InChI is InChI=1S/C18H19F15O3.2CH4/c1-3-11(2,14(19,20)21)10(34)36-13(17(28,29)30,18(31,32)33)9-6-4-8(5-7-9)12(35,15(22,23)24)16(25,26)27;;/h8-9,35H,3-7H2,1-2H3;2*1H4. The van der Waals surface area contributed by atoms with Crippen LogP contribution in [0.25, 0.3) is 0 Å². The van der Waals surface area contributed by atoms with Gasteiger partial charge >= 0.3 is 42.5 Å². The van der Waals surface area contributed by atoms with Crippen molar-refractivity contribution in [3.63, 3.8) is 0 Å². The lowest BCUT2D eigenvalue weighted by Crippen LogP contribution is -2.67. The molecule has 1 N–H and O–H groups in total. The first-order chi connectivity index (χ1) is 15.6. The van der Waals surface area contributed by atoms with E-state index >= 15 is 0 Å². The quantitative estimate of drug-likeness (QED) is 0.255. The van der Waals surface area contributed by atoms with Crippen molar-refractivity contribution in [2.24, 2.45) is 17.3 Å². The van der Waals surface area contributed by atoms with Gasteiger partial charge in [0.2, 0.25) is 0 Å². The summed E-state index contributed by atoms with van der Waals surface area (Å²) in [7, 11) is 0. The average molecular weight is 600 g/mol. The molecule has 3 nitrogen and oxygen atoms in total. The second-order valence-electron chi connectivity index (χ2n) is 8.61. The molecular formula is C20H27F15O3. The molecule has 1 aliphatic carbocycles. The third kappa shape index (κ3) is 6.08. The fourth-order valence-corrected chi connectivity index (χ4v) is 4.08. The Balaban J connectivity index is 0. The molecule has 0 aliphatic heterocycles. The molecule has 1 rings (SSSR count). The van der Waals surface area contributed by atoms with Crippen LogP contribution in [0.1, 0.15) is 60.8 Å². The molecule has 1 unspecified atom stereocenters. The van der Waals surface area contributed by atoms with Crippen LogP contribution in [0.2, 0.25) is 0 Å². The number of carbonyl (C=O) groups is 1. The molecule has 1 saturated carbocycles. The van der Waals surface area contributed by atoms with Gasteiger partial charge in [0.05, 0.1) is 0 Å². The molecule has 38 heavy (non-hydrogen) atoms. The van der Waals surface area contributed by atoms with Gasteiger partial charge in [0.1, 0.15) is 0 Å². The topological polar surface area (TPSA) is 46.5 Å². The van der Waals surface area contributed by atoms with Crippen LogP contribution in [0.15, 0.2) is 0 Å². The van der Waals surface area contributed by atoms with E-state index in [9.17, 15) is 75.8 Å². The van der Waals surface area contributed by atoms with Crippen molar-refractivity contribution in [2.75, 3.05) is 0 Å². The molecule has 0 bridgehead atoms. The Labute approximate surface area is 207 Å². The lowest BCUT2D eigenvalue weighted by atomic mass is 9.67. The van der Waals surface area contributed by atoms with Gasteiger partial charge in [-0.3, -0.25) is 4.79 Å². The molecule has 0 heterocycles. The van der Waals surface area contributed by atoms with Gasteiger partial charge in [0, 0.05) is 11.8 Å². The minimum atomic E-state index is -6.68. The third-order valence-electron chi connectivity index (χ3n) is 6.64. The summed E-state index contributed by atoms with van der Waals surface area (Å²) in [6.45, 7) is 0.578. The van der Waals surface area contributed by atoms with E-state index in [0.717, 1.165) is 0 Å². The van der Waals surface area contributed by atoms with Crippen molar-refractivity contribution in [1.82, 2.24) is 0 Å². The van der Waals surface area contributed by atoms with Gasteiger partial charge in [0.15, 0.2) is 5.41 Å². The number of alkyl halides is 15. The summed E-state index contributed by atoms with van der Waals surface area (Å²) in [5.41, 5.74) is -15.0. The first-order valence-corrected chi connectivity index (χ1v) is 9.94. The molecule has 18 heteroatoms. The van der Waals surface area contributed by atoms with Crippen LogP contribution in [0, 0.1) is 17.3 Å². The smallest absolute Gasteiger partial charge is 0.437 e. The normalized spacial score (nSPS) is 22.1. The maximum absolute atomic E-state index is 13.8. The summed E-state index contributed by atoms with van der Waals surface area (Å²) in [6, 6.07) is 0. The lowest BCUT2D eigenvalue weighted by Gasteiger charge is -2.48. The van der Waals surface area contributed by atoms with Crippen LogP contribution in [0.4, 0.5) is 65.9 Å². The summed E-state index contributed by atoms with van der Waals surface area (Å²) in [4.78, 5) is 12.1. The Hall–Kier alpha value is -1.62. The van der Waals surface area contributed by atoms with Gasteiger partial charge in [0.25, 0.3) is 5.60 Å². The highest BCUT2D eigenvalue weighted by molar-refractivity contribution is 5.78. The zero-order valence-corrected chi connectivity index (χ0v) is 18.1. The highest BCUT2D eigenvalue weighted by Crippen LogP contribution is 2.59. The summed E-state index contributed by atoms with van der Waals surface area (Å²) < 4.78 is 205. The summed E-state index contributed by atoms with van der Waals surface area (Å²) in [5, 5.41) is 9.39. The average Bonchev–Trinajstić information content (AvgIpc) is 2.66. The zero-order valence-electron chi connectivity index (χ0n) is 18.1. The van der Waals surface area contributed by atoms with E-state index in [-0.39, 0.29) is 21.8 Å². The second kappa shape index (κ2) is 11.1. The summed E-state index contributed by atoms with van der Waals surface area (Å²) >= 11 is 0. The van der Waals surface area contributed by atoms with E-state index < -0.39 is 97.4 Å². The van der Waals surface area contributed by atoms with Gasteiger partial charge in [-0.1, -0.05) is 21.8 Å². The Morgan fingerprint density at radius 1 is 0.658 bits per heavy atom. The van der Waals surface area contributed by atoms with Crippen LogP contribution in [0.5, 0.6) is 0 Å². The Bertz CT molecular complexity index is 756. The van der Waals surface area contributed by atoms with Crippen LogP contribution in [-0.4, -0.2) is 53.2 Å². The van der Waals surface area contributed by atoms with Crippen LogP contribution < -0.4 is 0 Å². The van der Waals surface area contributed by atoms with Crippen LogP contribution in [0.3, 0.4) is 0 Å². The molecule has 0 spiro atoms. The van der Waals surface area contributed by atoms with Gasteiger partial charge in [-0.15, -0.1) is 0 Å². The Morgan fingerprint density at radius 3 is 1.21 bits per heavy atom. The van der Waals surface area contributed by atoms with Crippen molar-refractivity contribution < 1.29 is 80.5 Å². The summed E-state index contributed by atoms with van der Waals surface area (Å²) in [6.07, 6.45) is -40.2. The molecule has 0 aromatic carbocycles. The Morgan fingerprint density at radius 2 is 0.974 bits per heavy atom. The van der Waals surface area contributed by atoms with Gasteiger partial charge in [-0.2, -0.15) is 65.9 Å². The minimum absolute atomic E-state index is 0. The number of hydrogen-bond donors (Lipinski definition) is 1. The van der Waals surface area contributed by atoms with E-state index in [2.05, 4.69) is 4.74 Å². The predicted molar refractivity (Wildman–Crippen MR) is 101 cm³/mol. The van der Waals surface area contributed by atoms with E-state index in [1.54, 1.807) is 0 Å². The van der Waals surface area contributed by atoms with Crippen molar-refractivity contribution in [3.8, 4) is 0 Å². The van der Waals surface area contributed by atoms with Gasteiger partial charge in [-0.05, 0) is 39.0 Å². The molecule has 0 saturated heterocycles. The maximum atomic E-state index is 13.8. The van der Waals surface area contributed by atoms with E-state index in [1.165, 1.54) is 0 Å². The highest BCUT2D eigenvalue weighted by Gasteiger charge is 2.80. The zero-order chi connectivity index (χ0) is 29.0. The minimum Gasteiger partial charge on any atom is -0.438 e. The molecule has 1 aliphatic rings. The van der Waals surface area contributed by atoms with Gasteiger partial charge < -0.3 is 9.84 Å². The first kappa shape index (κ1) is 38.5. The van der Waals surface area contributed by atoms with Crippen molar-refractivity contribution in [3.05, 3.63) is 0 Å². The molecule has 1 fully saturated rings. The number of esters is 1. The molecule has 1 atom stereocenters. The van der Waals surface area contributed by atoms with Crippen molar-refractivity contribution in [2.45, 2.75) is 103 Å². The fraction of sp³-hybridized carbons (Fsp3) is 0.950. The molecule has 0 aromatic rings. The maximum Gasteiger partial charge on any atom is 0.437 e. The van der Waals surface area contributed by atoms with E-state index in [4.69, 9.17) is 0 Å². The molecule has 0 aromatic heterocycles. The van der Waals surface area contributed by atoms with Crippen molar-refractivity contribution >= 4 is 5.97 Å². The first-order valence-electron chi connectivity index (χ1n) is 9.94. The predicted octanol–water partition coefficient (Wildman–Crippen LogP) is 8.31. The van der Waals surface area contributed by atoms with E-state index in [0.29, 0.717) is 6.92 Å². The lowest BCUT2D eigenvalue weighted by molar-refractivity contribution is -0.401. The monoisotopic (exact) mass is 600 g/mol. The number of ether oxygens (including phenoxy) is 1. The molecular weight excluding hydrogens is 573 g/mol. The van der Waals surface area contributed by atoms with Crippen LogP contribution in [-0.2, 0) is 9.53 Å². The summed E-state index contributed by atoms with van der Waals surface area (Å²) in [5.74, 6) is -9.05. The number of hydrogen-bond acceptors (Lipinski definition) is 3. The second-order valence-corrected chi connectivity index (χ2v) is 8.61. The number of aliphatic hydroxyl groups is 1. The van der Waals surface area contributed by atoms with Gasteiger partial charge in [-0.25, -0.2) is 0 Å². The number of rotatable bonds is 5. The Kier molecular flexibility index (Phi) is 11.3. The number of halogens is 15. The largest absolute Gasteiger partial charge is 0.438 e. The number of carbonyl (C=O) groups excluding carboxylic acids is 1. The highest BCUT2D eigenvalue weighted by atomic mass is 19.4. The van der Waals surface area contributed by atoms with E-state index in [1.807, 2.05) is 0 Å². The SMILES string of the molecule is C.C.CCC(C)(C(=O)OC(C1CCC(C(O)(C(F)(F)F)C(F)(F)F)CC1)(C(F)(F)F)C(F)(F)F)C(F)(F)F. The molecule has 0 radical (unpaired) electrons. The van der Waals surface area contributed by atoms with Crippen LogP contribution >= 0.6 is 0 Å². The molecule has 230 valence electrons. The van der Waals surface area contributed by atoms with Crippen molar-refractivity contribution in [1.29, 1.82) is 0 Å². The molecule has 0 amide bonds. The fourth-order valence-electron chi connectivity index (χ4n) is 4.08.